The van der Waals surface area contributed by atoms with Crippen LogP contribution in [0.1, 0.15) is 0 Å². The number of nitrogens with zero attached hydrogens (tertiary/aromatic N) is 3. The first kappa shape index (κ1) is 9.67. The molecule has 0 aliphatic rings. The SMILES string of the molecule is O=[N+]([O-])c1ccc(Cl)nc1-n1cccc1. The highest BCUT2D eigenvalue weighted by molar-refractivity contribution is 6.29. The van der Waals surface area contributed by atoms with Crippen LogP contribution in [0.5, 0.6) is 0 Å². The first-order chi connectivity index (χ1) is 7.18. The van der Waals surface area contributed by atoms with E-state index in [0.717, 1.165) is 0 Å². The molecule has 0 unspecified atom stereocenters. The lowest BCUT2D eigenvalue weighted by atomic mass is 10.4. The third kappa shape index (κ3) is 1.82. The predicted molar refractivity (Wildman–Crippen MR) is 55.2 cm³/mol. The van der Waals surface area contributed by atoms with Crippen molar-refractivity contribution in [3.05, 3.63) is 51.9 Å². The van der Waals surface area contributed by atoms with E-state index >= 15 is 0 Å². The first-order valence-electron chi connectivity index (χ1n) is 4.13. The Morgan fingerprint density at radius 3 is 2.60 bits per heavy atom. The lowest BCUT2D eigenvalue weighted by Gasteiger charge is -2.02. The maximum absolute atomic E-state index is 10.7. The standard InChI is InChI=1S/C9H6ClN3O2/c10-8-4-3-7(13(14)15)9(11-8)12-5-1-2-6-12/h1-6H. The van der Waals surface area contributed by atoms with Crippen LogP contribution in [0.3, 0.4) is 0 Å². The molecule has 0 saturated heterocycles. The van der Waals surface area contributed by atoms with Gasteiger partial charge in [0.25, 0.3) is 0 Å². The summed E-state index contributed by atoms with van der Waals surface area (Å²) < 4.78 is 1.55. The van der Waals surface area contributed by atoms with Crippen LogP contribution in [0.15, 0.2) is 36.7 Å². The van der Waals surface area contributed by atoms with E-state index in [9.17, 15) is 10.1 Å². The topological polar surface area (TPSA) is 61.0 Å². The number of aromatic nitrogens is 2. The van der Waals surface area contributed by atoms with E-state index in [0.29, 0.717) is 0 Å². The molecule has 0 aromatic carbocycles. The van der Waals surface area contributed by atoms with Gasteiger partial charge in [-0.3, -0.25) is 10.1 Å². The molecule has 2 heterocycles. The van der Waals surface area contributed by atoms with Gasteiger partial charge in [-0.15, -0.1) is 0 Å². The zero-order chi connectivity index (χ0) is 10.8. The predicted octanol–water partition coefficient (Wildman–Crippen LogP) is 2.43. The van der Waals surface area contributed by atoms with E-state index < -0.39 is 4.92 Å². The van der Waals surface area contributed by atoms with Crippen molar-refractivity contribution < 1.29 is 4.92 Å². The summed E-state index contributed by atoms with van der Waals surface area (Å²) in [6.07, 6.45) is 3.34. The highest BCUT2D eigenvalue weighted by Gasteiger charge is 2.16. The molecule has 76 valence electrons. The summed E-state index contributed by atoms with van der Waals surface area (Å²) in [5.74, 6) is 0.220. The van der Waals surface area contributed by atoms with Gasteiger partial charge in [-0.2, -0.15) is 0 Å². The third-order valence-corrected chi connectivity index (χ3v) is 2.08. The summed E-state index contributed by atoms with van der Waals surface area (Å²) in [7, 11) is 0. The van der Waals surface area contributed by atoms with Crippen LogP contribution in [0.4, 0.5) is 5.69 Å². The fourth-order valence-electron chi connectivity index (χ4n) is 1.23. The molecule has 0 aliphatic carbocycles. The van der Waals surface area contributed by atoms with Crippen LogP contribution in [0.25, 0.3) is 5.82 Å². The second kappa shape index (κ2) is 3.70. The summed E-state index contributed by atoms with van der Waals surface area (Å²) in [6.45, 7) is 0. The minimum Gasteiger partial charge on any atom is -0.303 e. The normalized spacial score (nSPS) is 10.2. The van der Waals surface area contributed by atoms with Gasteiger partial charge in [0.15, 0.2) is 0 Å². The Morgan fingerprint density at radius 1 is 1.33 bits per heavy atom. The molecule has 2 aromatic heterocycles. The minimum absolute atomic E-state index is 0.0735. The van der Waals surface area contributed by atoms with Crippen LogP contribution in [-0.2, 0) is 0 Å². The zero-order valence-electron chi connectivity index (χ0n) is 7.50. The molecular weight excluding hydrogens is 218 g/mol. The van der Waals surface area contributed by atoms with Crippen molar-refractivity contribution in [1.82, 2.24) is 9.55 Å². The largest absolute Gasteiger partial charge is 0.312 e. The van der Waals surface area contributed by atoms with Crippen molar-refractivity contribution in [3.63, 3.8) is 0 Å². The van der Waals surface area contributed by atoms with Gasteiger partial charge in [0.1, 0.15) is 5.15 Å². The Hall–Kier alpha value is -1.88. The van der Waals surface area contributed by atoms with Gasteiger partial charge in [-0.1, -0.05) is 11.6 Å². The lowest BCUT2D eigenvalue weighted by Crippen LogP contribution is -2.00. The van der Waals surface area contributed by atoms with E-state index in [1.165, 1.54) is 12.1 Å². The Kier molecular flexibility index (Phi) is 2.39. The van der Waals surface area contributed by atoms with Gasteiger partial charge in [-0.05, 0) is 18.2 Å². The molecule has 0 N–H and O–H groups in total. The second-order valence-electron chi connectivity index (χ2n) is 2.82. The Bertz CT molecular complexity index is 496. The maximum Gasteiger partial charge on any atom is 0.312 e. The fourth-order valence-corrected chi connectivity index (χ4v) is 1.37. The molecular formula is C9H6ClN3O2. The van der Waals surface area contributed by atoms with Gasteiger partial charge in [0.2, 0.25) is 5.82 Å². The van der Waals surface area contributed by atoms with Crippen LogP contribution < -0.4 is 0 Å². The van der Waals surface area contributed by atoms with E-state index in [4.69, 9.17) is 11.6 Å². The molecule has 5 nitrogen and oxygen atoms in total. The van der Waals surface area contributed by atoms with Gasteiger partial charge >= 0.3 is 5.69 Å². The fraction of sp³-hybridized carbons (Fsp3) is 0. The first-order valence-corrected chi connectivity index (χ1v) is 4.50. The molecule has 0 spiro atoms. The molecule has 2 aromatic rings. The Morgan fingerprint density at radius 2 is 2.00 bits per heavy atom. The number of halogens is 1. The number of rotatable bonds is 2. The number of hydrogen-bond donors (Lipinski definition) is 0. The van der Waals surface area contributed by atoms with Crippen LogP contribution >= 0.6 is 11.6 Å². The third-order valence-electron chi connectivity index (χ3n) is 1.87. The zero-order valence-corrected chi connectivity index (χ0v) is 8.26. The van der Waals surface area contributed by atoms with Gasteiger partial charge in [-0.25, -0.2) is 4.98 Å². The summed E-state index contributed by atoms with van der Waals surface area (Å²) in [5, 5.41) is 11.0. The van der Waals surface area contributed by atoms with Gasteiger partial charge in [0, 0.05) is 18.5 Å². The molecule has 0 atom stereocenters. The monoisotopic (exact) mass is 223 g/mol. The van der Waals surface area contributed by atoms with E-state index in [1.54, 1.807) is 29.1 Å². The van der Waals surface area contributed by atoms with E-state index in [-0.39, 0.29) is 16.7 Å². The molecule has 2 rings (SSSR count). The quantitative estimate of drug-likeness (QED) is 0.446. The van der Waals surface area contributed by atoms with Crippen LogP contribution in [0.2, 0.25) is 5.15 Å². The second-order valence-corrected chi connectivity index (χ2v) is 3.21. The van der Waals surface area contributed by atoms with Crippen molar-refractivity contribution in [2.24, 2.45) is 0 Å². The summed E-state index contributed by atoms with van der Waals surface area (Å²) in [4.78, 5) is 14.2. The molecule has 0 amide bonds. The number of nitro groups is 1. The smallest absolute Gasteiger partial charge is 0.303 e. The Balaban J connectivity index is 2.63. The summed E-state index contributed by atoms with van der Waals surface area (Å²) >= 11 is 5.69. The average molecular weight is 224 g/mol. The molecule has 0 saturated carbocycles. The number of pyridine rings is 1. The van der Waals surface area contributed by atoms with E-state index in [1.807, 2.05) is 0 Å². The molecule has 15 heavy (non-hydrogen) atoms. The maximum atomic E-state index is 10.7. The van der Waals surface area contributed by atoms with Crippen molar-refractivity contribution in [2.45, 2.75) is 0 Å². The Labute approximate surface area is 90.1 Å². The lowest BCUT2D eigenvalue weighted by molar-refractivity contribution is -0.384. The molecule has 0 aliphatic heterocycles. The van der Waals surface area contributed by atoms with Gasteiger partial charge in [0.05, 0.1) is 4.92 Å². The average Bonchev–Trinajstić information content (AvgIpc) is 2.69. The highest BCUT2D eigenvalue weighted by Crippen LogP contribution is 2.22. The molecule has 0 fully saturated rings. The molecule has 6 heteroatoms. The van der Waals surface area contributed by atoms with Crippen molar-refractivity contribution >= 4 is 17.3 Å². The van der Waals surface area contributed by atoms with Crippen LogP contribution in [0, 0.1) is 10.1 Å². The minimum atomic E-state index is -0.487. The summed E-state index contributed by atoms with van der Waals surface area (Å²) in [6, 6.07) is 6.25. The van der Waals surface area contributed by atoms with Crippen molar-refractivity contribution in [3.8, 4) is 5.82 Å². The van der Waals surface area contributed by atoms with Crippen molar-refractivity contribution in [2.75, 3.05) is 0 Å². The summed E-state index contributed by atoms with van der Waals surface area (Å²) in [5.41, 5.74) is -0.0735. The number of hydrogen-bond acceptors (Lipinski definition) is 3. The molecule has 0 radical (unpaired) electrons. The van der Waals surface area contributed by atoms with Crippen LogP contribution in [-0.4, -0.2) is 14.5 Å². The highest BCUT2D eigenvalue weighted by atomic mass is 35.5. The van der Waals surface area contributed by atoms with Gasteiger partial charge < -0.3 is 4.57 Å². The van der Waals surface area contributed by atoms with E-state index in [2.05, 4.69) is 4.98 Å². The van der Waals surface area contributed by atoms with Crippen molar-refractivity contribution in [1.29, 1.82) is 0 Å². The molecule has 0 bridgehead atoms.